The van der Waals surface area contributed by atoms with Crippen LogP contribution in [0.3, 0.4) is 0 Å². The maximum Gasteiger partial charge on any atom is 0.101 e. The normalized spacial score (nSPS) is 20.4. The molecule has 1 saturated heterocycles. The Labute approximate surface area is 98.2 Å². The second kappa shape index (κ2) is 5.27. The van der Waals surface area contributed by atoms with Crippen molar-refractivity contribution in [2.75, 3.05) is 32.8 Å². The molecule has 0 amide bonds. The molecule has 1 atom stereocenters. The van der Waals surface area contributed by atoms with Gasteiger partial charge in [-0.05, 0) is 12.1 Å². The van der Waals surface area contributed by atoms with Crippen LogP contribution in [-0.2, 0) is 4.74 Å². The average Bonchev–Trinajstić information content (AvgIpc) is 2.66. The Hall–Kier alpha value is -0.130. The van der Waals surface area contributed by atoms with Gasteiger partial charge in [-0.15, -0.1) is 11.3 Å². The monoisotopic (exact) mass is 247 g/mol. The second-order valence-electron chi connectivity index (χ2n) is 3.57. The number of morpholine rings is 1. The summed E-state index contributed by atoms with van der Waals surface area (Å²) in [5, 5.41) is 9.96. The number of aliphatic hydroxyl groups is 1. The summed E-state index contributed by atoms with van der Waals surface area (Å²) >= 11 is 7.26. The molecule has 1 aliphatic rings. The molecular weight excluding hydrogens is 234 g/mol. The molecule has 3 nitrogen and oxygen atoms in total. The smallest absolute Gasteiger partial charge is 0.101 e. The number of hydrogen-bond donors (Lipinski definition) is 1. The first kappa shape index (κ1) is 11.4. The molecule has 2 heterocycles. The molecular formula is C10H14ClNO2S. The molecule has 1 unspecified atom stereocenters. The van der Waals surface area contributed by atoms with Crippen molar-refractivity contribution in [1.82, 2.24) is 4.90 Å². The summed E-state index contributed by atoms with van der Waals surface area (Å²) < 4.78 is 5.98. The lowest BCUT2D eigenvalue weighted by atomic mass is 10.2. The van der Waals surface area contributed by atoms with Crippen LogP contribution in [0.15, 0.2) is 12.1 Å². The van der Waals surface area contributed by atoms with Crippen molar-refractivity contribution in [1.29, 1.82) is 0 Å². The summed E-state index contributed by atoms with van der Waals surface area (Å²) in [5.41, 5.74) is 0. The highest BCUT2D eigenvalue weighted by atomic mass is 35.5. The highest BCUT2D eigenvalue weighted by Crippen LogP contribution is 2.27. The SMILES string of the molecule is OC(CN1CCOCC1)c1ccc(Cl)s1. The van der Waals surface area contributed by atoms with Crippen LogP contribution in [0.5, 0.6) is 0 Å². The first-order chi connectivity index (χ1) is 7.25. The van der Waals surface area contributed by atoms with E-state index in [-0.39, 0.29) is 0 Å². The predicted molar refractivity (Wildman–Crippen MR) is 61.5 cm³/mol. The third kappa shape index (κ3) is 3.16. The van der Waals surface area contributed by atoms with Crippen molar-refractivity contribution in [3.8, 4) is 0 Å². The molecule has 0 spiro atoms. The standard InChI is InChI=1S/C10H14ClNO2S/c11-10-2-1-9(15-10)8(13)7-12-3-5-14-6-4-12/h1-2,8,13H,3-7H2. The van der Waals surface area contributed by atoms with Gasteiger partial charge in [0.25, 0.3) is 0 Å². The van der Waals surface area contributed by atoms with Gasteiger partial charge in [0.2, 0.25) is 0 Å². The second-order valence-corrected chi connectivity index (χ2v) is 5.32. The lowest BCUT2D eigenvalue weighted by Gasteiger charge is -2.28. The predicted octanol–water partition coefficient (Wildman–Crippen LogP) is 1.77. The van der Waals surface area contributed by atoms with Crippen LogP contribution in [0.2, 0.25) is 4.34 Å². The molecule has 0 saturated carbocycles. The molecule has 0 bridgehead atoms. The summed E-state index contributed by atoms with van der Waals surface area (Å²) in [6.07, 6.45) is -0.430. The molecule has 0 aromatic carbocycles. The number of hydrogen-bond acceptors (Lipinski definition) is 4. The molecule has 0 aliphatic carbocycles. The van der Waals surface area contributed by atoms with Gasteiger partial charge in [0, 0.05) is 24.5 Å². The van der Waals surface area contributed by atoms with Crippen molar-refractivity contribution in [3.63, 3.8) is 0 Å². The molecule has 15 heavy (non-hydrogen) atoms. The van der Waals surface area contributed by atoms with E-state index in [4.69, 9.17) is 16.3 Å². The molecule has 1 fully saturated rings. The van der Waals surface area contributed by atoms with E-state index in [0.717, 1.165) is 35.5 Å². The number of thiophene rings is 1. The van der Waals surface area contributed by atoms with Gasteiger partial charge in [-0.25, -0.2) is 0 Å². The highest BCUT2D eigenvalue weighted by molar-refractivity contribution is 7.16. The topological polar surface area (TPSA) is 32.7 Å². The lowest BCUT2D eigenvalue weighted by molar-refractivity contribution is 0.0150. The van der Waals surface area contributed by atoms with Crippen molar-refractivity contribution >= 4 is 22.9 Å². The Kier molecular flexibility index (Phi) is 3.99. The van der Waals surface area contributed by atoms with E-state index in [9.17, 15) is 5.11 Å². The van der Waals surface area contributed by atoms with E-state index in [0.29, 0.717) is 6.54 Å². The molecule has 84 valence electrons. The quantitative estimate of drug-likeness (QED) is 0.884. The fourth-order valence-corrected chi connectivity index (χ4v) is 2.66. The average molecular weight is 248 g/mol. The van der Waals surface area contributed by atoms with Gasteiger partial charge in [0.1, 0.15) is 6.10 Å². The minimum Gasteiger partial charge on any atom is -0.386 e. The Bertz CT molecular complexity index is 312. The van der Waals surface area contributed by atoms with Crippen LogP contribution >= 0.6 is 22.9 Å². The zero-order valence-electron chi connectivity index (χ0n) is 8.36. The first-order valence-corrected chi connectivity index (χ1v) is 6.18. The summed E-state index contributed by atoms with van der Waals surface area (Å²) in [5.74, 6) is 0. The third-order valence-electron chi connectivity index (χ3n) is 2.46. The van der Waals surface area contributed by atoms with E-state index in [1.54, 1.807) is 0 Å². The fourth-order valence-electron chi connectivity index (χ4n) is 1.63. The lowest BCUT2D eigenvalue weighted by Crippen LogP contribution is -2.38. The van der Waals surface area contributed by atoms with Gasteiger partial charge < -0.3 is 9.84 Å². The maximum absolute atomic E-state index is 9.96. The number of halogens is 1. The summed E-state index contributed by atoms with van der Waals surface area (Å²) in [4.78, 5) is 3.15. The highest BCUT2D eigenvalue weighted by Gasteiger charge is 2.17. The van der Waals surface area contributed by atoms with Crippen molar-refractivity contribution in [2.45, 2.75) is 6.10 Å². The van der Waals surface area contributed by atoms with E-state index in [1.807, 2.05) is 12.1 Å². The van der Waals surface area contributed by atoms with E-state index < -0.39 is 6.10 Å². The van der Waals surface area contributed by atoms with Crippen molar-refractivity contribution in [2.24, 2.45) is 0 Å². The van der Waals surface area contributed by atoms with E-state index in [2.05, 4.69) is 4.90 Å². The maximum atomic E-state index is 9.96. The molecule has 1 N–H and O–H groups in total. The molecule has 0 radical (unpaired) electrons. The summed E-state index contributed by atoms with van der Waals surface area (Å²) in [7, 11) is 0. The van der Waals surface area contributed by atoms with Crippen LogP contribution in [-0.4, -0.2) is 42.9 Å². The van der Waals surface area contributed by atoms with Gasteiger partial charge in [-0.3, -0.25) is 4.90 Å². The number of nitrogens with zero attached hydrogens (tertiary/aromatic N) is 1. The van der Waals surface area contributed by atoms with Crippen molar-refractivity contribution < 1.29 is 9.84 Å². The van der Waals surface area contributed by atoms with Gasteiger partial charge in [0.15, 0.2) is 0 Å². The van der Waals surface area contributed by atoms with Gasteiger partial charge in [0.05, 0.1) is 17.6 Å². The molecule has 1 aliphatic heterocycles. The number of rotatable bonds is 3. The molecule has 2 rings (SSSR count). The largest absolute Gasteiger partial charge is 0.386 e. The molecule has 1 aromatic heterocycles. The number of aliphatic hydroxyl groups excluding tert-OH is 1. The Balaban J connectivity index is 1.88. The van der Waals surface area contributed by atoms with Crippen LogP contribution in [0.25, 0.3) is 0 Å². The van der Waals surface area contributed by atoms with E-state index in [1.165, 1.54) is 11.3 Å². The van der Waals surface area contributed by atoms with Gasteiger partial charge in [-0.1, -0.05) is 11.6 Å². The van der Waals surface area contributed by atoms with Crippen molar-refractivity contribution in [3.05, 3.63) is 21.3 Å². The molecule has 5 heteroatoms. The van der Waals surface area contributed by atoms with E-state index >= 15 is 0 Å². The van der Waals surface area contributed by atoms with Gasteiger partial charge >= 0.3 is 0 Å². The van der Waals surface area contributed by atoms with Crippen LogP contribution < -0.4 is 0 Å². The van der Waals surface area contributed by atoms with Gasteiger partial charge in [-0.2, -0.15) is 0 Å². The zero-order chi connectivity index (χ0) is 10.7. The minimum absolute atomic E-state index is 0.430. The Morgan fingerprint density at radius 1 is 1.47 bits per heavy atom. The fraction of sp³-hybridized carbons (Fsp3) is 0.600. The third-order valence-corrected chi connectivity index (χ3v) is 3.79. The van der Waals surface area contributed by atoms with Crippen LogP contribution in [0.4, 0.5) is 0 Å². The first-order valence-electron chi connectivity index (χ1n) is 4.99. The van der Waals surface area contributed by atoms with Crippen LogP contribution in [0, 0.1) is 0 Å². The Morgan fingerprint density at radius 2 is 2.20 bits per heavy atom. The minimum atomic E-state index is -0.430. The molecule has 1 aromatic rings. The zero-order valence-corrected chi connectivity index (χ0v) is 9.93. The Morgan fingerprint density at radius 3 is 2.80 bits per heavy atom. The number of ether oxygens (including phenoxy) is 1. The summed E-state index contributed by atoms with van der Waals surface area (Å²) in [6, 6.07) is 3.71. The number of β-amino-alcohol motifs (C(OH)–C–C–N with tert-alkyl or cyclic N) is 1. The van der Waals surface area contributed by atoms with Crippen LogP contribution in [0.1, 0.15) is 11.0 Å². The summed E-state index contributed by atoms with van der Waals surface area (Å²) in [6.45, 7) is 3.99.